The highest BCUT2D eigenvalue weighted by molar-refractivity contribution is 6.15. The van der Waals surface area contributed by atoms with Crippen LogP contribution in [0.3, 0.4) is 0 Å². The van der Waals surface area contributed by atoms with Crippen molar-refractivity contribution in [2.45, 2.75) is 0 Å². The van der Waals surface area contributed by atoms with Gasteiger partial charge in [0.25, 0.3) is 0 Å². The number of hydrogen-bond donors (Lipinski definition) is 0. The summed E-state index contributed by atoms with van der Waals surface area (Å²) in [5.74, 6) is -0.991. The van der Waals surface area contributed by atoms with E-state index >= 15 is 0 Å². The second-order valence-corrected chi connectivity index (χ2v) is 2.16. The molecule has 1 atom stereocenters. The highest BCUT2D eigenvalue weighted by Gasteiger charge is 2.43. The molecule has 1 saturated heterocycles. The molecule has 0 radical (unpaired) electrons. The summed E-state index contributed by atoms with van der Waals surface area (Å²) in [7, 11) is 0. The van der Waals surface area contributed by atoms with E-state index in [2.05, 4.69) is 4.74 Å². The fourth-order valence-electron chi connectivity index (χ4n) is 1.07. The van der Waals surface area contributed by atoms with Gasteiger partial charge in [-0.2, -0.15) is 0 Å². The predicted molar refractivity (Wildman–Crippen MR) is 27.5 cm³/mol. The van der Waals surface area contributed by atoms with E-state index < -0.39 is 5.92 Å². The number of esters is 1. The summed E-state index contributed by atoms with van der Waals surface area (Å²) in [6.45, 7) is 0.329. The molecule has 0 spiro atoms. The SMILES string of the molecule is O=C1C=C2COC(=O)C12. The Morgan fingerprint density at radius 3 is 2.78 bits per heavy atom. The molecule has 0 amide bonds. The summed E-state index contributed by atoms with van der Waals surface area (Å²) in [5.41, 5.74) is 0.838. The largest absolute Gasteiger partial charge is 0.460 e. The van der Waals surface area contributed by atoms with Crippen LogP contribution < -0.4 is 0 Å². The first-order valence-corrected chi connectivity index (χ1v) is 2.70. The smallest absolute Gasteiger partial charge is 0.321 e. The van der Waals surface area contributed by atoms with Crippen molar-refractivity contribution in [1.82, 2.24) is 0 Å². The van der Waals surface area contributed by atoms with Gasteiger partial charge in [0.1, 0.15) is 12.5 Å². The van der Waals surface area contributed by atoms with E-state index in [1.54, 1.807) is 0 Å². The van der Waals surface area contributed by atoms with Crippen molar-refractivity contribution in [1.29, 1.82) is 0 Å². The summed E-state index contributed by atoms with van der Waals surface area (Å²) < 4.78 is 4.58. The second kappa shape index (κ2) is 1.23. The van der Waals surface area contributed by atoms with Crippen molar-refractivity contribution >= 4 is 11.8 Å². The van der Waals surface area contributed by atoms with Crippen molar-refractivity contribution in [3.63, 3.8) is 0 Å². The van der Waals surface area contributed by atoms with Gasteiger partial charge < -0.3 is 4.74 Å². The lowest BCUT2D eigenvalue weighted by Gasteiger charge is -2.10. The Morgan fingerprint density at radius 2 is 2.33 bits per heavy atom. The molecule has 46 valence electrons. The molecule has 1 aliphatic heterocycles. The molecule has 1 fully saturated rings. The van der Waals surface area contributed by atoms with Crippen LogP contribution in [0.4, 0.5) is 0 Å². The Morgan fingerprint density at radius 1 is 1.56 bits per heavy atom. The van der Waals surface area contributed by atoms with Crippen LogP contribution in [0.25, 0.3) is 0 Å². The fourth-order valence-corrected chi connectivity index (χ4v) is 1.07. The maximum atomic E-state index is 10.6. The zero-order valence-corrected chi connectivity index (χ0v) is 4.59. The van der Waals surface area contributed by atoms with E-state index in [9.17, 15) is 9.59 Å². The van der Waals surface area contributed by atoms with Crippen molar-refractivity contribution in [3.8, 4) is 0 Å². The average Bonchev–Trinajstić information content (AvgIpc) is 2.04. The first kappa shape index (κ1) is 4.73. The number of fused-ring (bicyclic) bond motifs is 1. The van der Waals surface area contributed by atoms with Gasteiger partial charge in [-0.25, -0.2) is 0 Å². The van der Waals surface area contributed by atoms with Crippen molar-refractivity contribution in [2.24, 2.45) is 5.92 Å². The van der Waals surface area contributed by atoms with E-state index in [1.807, 2.05) is 0 Å². The number of cyclic esters (lactones) is 1. The maximum Gasteiger partial charge on any atom is 0.321 e. The van der Waals surface area contributed by atoms with E-state index in [1.165, 1.54) is 6.08 Å². The topological polar surface area (TPSA) is 43.4 Å². The Labute approximate surface area is 51.3 Å². The maximum absolute atomic E-state index is 10.6. The third kappa shape index (κ3) is 0.415. The van der Waals surface area contributed by atoms with E-state index in [0.29, 0.717) is 6.61 Å². The van der Waals surface area contributed by atoms with Gasteiger partial charge in [0.05, 0.1) is 0 Å². The Bertz CT molecular complexity index is 226. The highest BCUT2D eigenvalue weighted by Crippen LogP contribution is 2.30. The number of carbonyl (C=O) groups is 2. The lowest BCUT2D eigenvalue weighted by atomic mass is 9.86. The minimum absolute atomic E-state index is 0.104. The summed E-state index contributed by atoms with van der Waals surface area (Å²) in [6.07, 6.45) is 1.47. The van der Waals surface area contributed by atoms with Crippen LogP contribution in [-0.2, 0) is 14.3 Å². The Hall–Kier alpha value is -1.12. The lowest BCUT2D eigenvalue weighted by Crippen LogP contribution is -2.26. The van der Waals surface area contributed by atoms with E-state index in [-0.39, 0.29) is 11.8 Å². The molecular weight excluding hydrogens is 120 g/mol. The molecule has 0 N–H and O–H groups in total. The summed E-state index contributed by atoms with van der Waals surface area (Å²) in [6, 6.07) is 0. The van der Waals surface area contributed by atoms with Gasteiger partial charge >= 0.3 is 5.97 Å². The zero-order valence-electron chi connectivity index (χ0n) is 4.59. The number of allylic oxidation sites excluding steroid dienone is 1. The third-order valence-corrected chi connectivity index (χ3v) is 1.60. The molecule has 3 nitrogen and oxygen atoms in total. The Balaban J connectivity index is 2.40. The molecule has 1 heterocycles. The molecule has 2 aliphatic rings. The molecular formula is C6H4O3. The van der Waals surface area contributed by atoms with Crippen LogP contribution in [0, 0.1) is 5.92 Å². The number of carbonyl (C=O) groups excluding carboxylic acids is 2. The molecule has 3 heteroatoms. The van der Waals surface area contributed by atoms with E-state index in [4.69, 9.17) is 0 Å². The second-order valence-electron chi connectivity index (χ2n) is 2.16. The van der Waals surface area contributed by atoms with Crippen LogP contribution in [0.15, 0.2) is 11.6 Å². The monoisotopic (exact) mass is 124 g/mol. The van der Waals surface area contributed by atoms with Crippen LogP contribution in [-0.4, -0.2) is 18.4 Å². The van der Waals surface area contributed by atoms with Crippen LogP contribution in [0.1, 0.15) is 0 Å². The molecule has 1 aliphatic carbocycles. The first-order chi connectivity index (χ1) is 4.29. The number of hydrogen-bond acceptors (Lipinski definition) is 3. The zero-order chi connectivity index (χ0) is 6.43. The molecule has 0 aromatic heterocycles. The fraction of sp³-hybridized carbons (Fsp3) is 0.333. The van der Waals surface area contributed by atoms with E-state index in [0.717, 1.165) is 5.57 Å². The predicted octanol–water partition coefficient (Wildman–Crippen LogP) is -0.332. The van der Waals surface area contributed by atoms with Gasteiger partial charge in [-0.1, -0.05) is 0 Å². The molecule has 0 bridgehead atoms. The van der Waals surface area contributed by atoms with Gasteiger partial charge in [-0.05, 0) is 11.6 Å². The molecule has 1 unspecified atom stereocenters. The highest BCUT2D eigenvalue weighted by atomic mass is 16.5. The van der Waals surface area contributed by atoms with Gasteiger partial charge in [0.2, 0.25) is 0 Å². The third-order valence-electron chi connectivity index (χ3n) is 1.60. The minimum Gasteiger partial charge on any atom is -0.460 e. The molecule has 9 heavy (non-hydrogen) atoms. The Kier molecular flexibility index (Phi) is 0.649. The van der Waals surface area contributed by atoms with Gasteiger partial charge in [-0.3, -0.25) is 9.59 Å². The normalized spacial score (nSPS) is 30.7. The molecule has 0 saturated carbocycles. The van der Waals surface area contributed by atoms with Gasteiger partial charge in [0.15, 0.2) is 5.78 Å². The number of ketones is 1. The molecule has 2 rings (SSSR count). The summed E-state index contributed by atoms with van der Waals surface area (Å²) in [5, 5.41) is 0. The summed E-state index contributed by atoms with van der Waals surface area (Å²) >= 11 is 0. The molecule has 0 aromatic carbocycles. The number of rotatable bonds is 0. The quantitative estimate of drug-likeness (QED) is 0.328. The van der Waals surface area contributed by atoms with Crippen LogP contribution >= 0.6 is 0 Å². The van der Waals surface area contributed by atoms with Gasteiger partial charge in [-0.15, -0.1) is 0 Å². The minimum atomic E-state index is -0.509. The number of ether oxygens (including phenoxy) is 1. The van der Waals surface area contributed by atoms with Crippen molar-refractivity contribution in [3.05, 3.63) is 11.6 Å². The summed E-state index contributed by atoms with van der Waals surface area (Å²) in [4.78, 5) is 21.1. The van der Waals surface area contributed by atoms with Crippen LogP contribution in [0.5, 0.6) is 0 Å². The average molecular weight is 124 g/mol. The van der Waals surface area contributed by atoms with Gasteiger partial charge in [0, 0.05) is 0 Å². The lowest BCUT2D eigenvalue weighted by molar-refractivity contribution is -0.143. The molecule has 0 aromatic rings. The standard InChI is InChI=1S/C6H4O3/c7-4-1-3-2-9-6(8)5(3)4/h1,5H,2H2. The van der Waals surface area contributed by atoms with Crippen molar-refractivity contribution in [2.75, 3.05) is 6.61 Å². The van der Waals surface area contributed by atoms with Crippen LogP contribution in [0.2, 0.25) is 0 Å². The first-order valence-electron chi connectivity index (χ1n) is 2.70. The van der Waals surface area contributed by atoms with Crippen molar-refractivity contribution < 1.29 is 14.3 Å².